The average molecular weight is 353 g/mol. The highest BCUT2D eigenvalue weighted by atomic mass is 32.2. The largest absolute Gasteiger partial charge is 0.486 e. The van der Waals surface area contributed by atoms with Gasteiger partial charge >= 0.3 is 0 Å². The lowest BCUT2D eigenvalue weighted by atomic mass is 9.95. The maximum absolute atomic E-state index is 12.6. The minimum absolute atomic E-state index is 0.320. The van der Waals surface area contributed by atoms with E-state index in [-0.39, 0.29) is 0 Å². The highest BCUT2D eigenvalue weighted by molar-refractivity contribution is 7.91. The molecule has 0 bridgehead atoms. The van der Waals surface area contributed by atoms with E-state index in [1.54, 1.807) is 12.1 Å². The first kappa shape index (κ1) is 16.3. The second-order valence-electron chi connectivity index (χ2n) is 5.95. The first-order chi connectivity index (χ1) is 10.8. The molecule has 1 aliphatic rings. The third kappa shape index (κ3) is 3.36. The van der Waals surface area contributed by atoms with Crippen molar-refractivity contribution in [1.82, 2.24) is 4.72 Å². The summed E-state index contributed by atoms with van der Waals surface area (Å²) in [6.07, 6.45) is 0. The highest BCUT2D eigenvalue weighted by Gasteiger charge is 2.30. The van der Waals surface area contributed by atoms with Gasteiger partial charge in [0, 0.05) is 4.88 Å². The molecule has 0 unspecified atom stereocenters. The summed E-state index contributed by atoms with van der Waals surface area (Å²) < 4.78 is 39.3. The summed E-state index contributed by atoms with van der Waals surface area (Å²) in [6.45, 7) is 6.57. The van der Waals surface area contributed by atoms with E-state index in [4.69, 9.17) is 9.47 Å². The Labute approximate surface area is 140 Å². The SMILES string of the molecule is Cc1ccc(S(=O)(=O)NC(C)(C)c2ccc3c(c2)OCCO3)s1. The molecule has 1 aromatic heterocycles. The normalized spacial score (nSPS) is 14.7. The van der Waals surface area contributed by atoms with Crippen molar-refractivity contribution in [2.24, 2.45) is 0 Å². The monoisotopic (exact) mass is 353 g/mol. The molecule has 2 aromatic rings. The smallest absolute Gasteiger partial charge is 0.250 e. The molecule has 1 N–H and O–H groups in total. The first-order valence-corrected chi connectivity index (χ1v) is 9.58. The lowest BCUT2D eigenvalue weighted by molar-refractivity contribution is 0.171. The number of aryl methyl sites for hydroxylation is 1. The van der Waals surface area contributed by atoms with Crippen LogP contribution >= 0.6 is 11.3 Å². The number of fused-ring (bicyclic) bond motifs is 1. The van der Waals surface area contributed by atoms with E-state index >= 15 is 0 Å². The van der Waals surface area contributed by atoms with E-state index < -0.39 is 15.6 Å². The second-order valence-corrected chi connectivity index (χ2v) is 9.15. The van der Waals surface area contributed by atoms with Gasteiger partial charge in [-0.25, -0.2) is 13.1 Å². The van der Waals surface area contributed by atoms with E-state index in [2.05, 4.69) is 4.72 Å². The maximum Gasteiger partial charge on any atom is 0.250 e. The van der Waals surface area contributed by atoms with E-state index in [0.29, 0.717) is 28.9 Å². The molecule has 0 amide bonds. The zero-order chi connectivity index (χ0) is 16.7. The van der Waals surface area contributed by atoms with Gasteiger partial charge in [0.05, 0.1) is 5.54 Å². The van der Waals surface area contributed by atoms with Crippen molar-refractivity contribution < 1.29 is 17.9 Å². The Bertz CT molecular complexity index is 824. The minimum Gasteiger partial charge on any atom is -0.486 e. The maximum atomic E-state index is 12.6. The van der Waals surface area contributed by atoms with Crippen molar-refractivity contribution in [3.63, 3.8) is 0 Å². The Morgan fingerprint density at radius 1 is 1.09 bits per heavy atom. The molecule has 1 aliphatic heterocycles. The van der Waals surface area contributed by atoms with E-state index in [9.17, 15) is 8.42 Å². The number of hydrogen-bond donors (Lipinski definition) is 1. The van der Waals surface area contributed by atoms with Crippen LogP contribution in [0.25, 0.3) is 0 Å². The van der Waals surface area contributed by atoms with Crippen molar-refractivity contribution >= 4 is 21.4 Å². The molecule has 0 aliphatic carbocycles. The number of nitrogens with one attached hydrogen (secondary N) is 1. The predicted octanol–water partition coefficient (Wildman–Crippen LogP) is 3.04. The summed E-state index contributed by atoms with van der Waals surface area (Å²) in [5, 5.41) is 0. The molecule has 0 radical (unpaired) electrons. The fourth-order valence-corrected chi connectivity index (χ4v) is 5.12. The van der Waals surface area contributed by atoms with Crippen LogP contribution < -0.4 is 14.2 Å². The van der Waals surface area contributed by atoms with Crippen LogP contribution in [0.4, 0.5) is 0 Å². The number of thiophene rings is 1. The highest BCUT2D eigenvalue weighted by Crippen LogP contribution is 2.35. The van der Waals surface area contributed by atoms with Gasteiger partial charge in [-0.15, -0.1) is 11.3 Å². The lowest BCUT2D eigenvalue weighted by Gasteiger charge is -2.28. The molecule has 7 heteroatoms. The van der Waals surface area contributed by atoms with Gasteiger partial charge < -0.3 is 9.47 Å². The van der Waals surface area contributed by atoms with Crippen molar-refractivity contribution in [1.29, 1.82) is 0 Å². The lowest BCUT2D eigenvalue weighted by Crippen LogP contribution is -2.40. The molecular formula is C16H19NO4S2. The van der Waals surface area contributed by atoms with Crippen LogP contribution in [0, 0.1) is 6.92 Å². The standard InChI is InChI=1S/C16H19NO4S2/c1-11-4-7-15(22-11)23(18,19)17-16(2,3)12-5-6-13-14(10-12)21-9-8-20-13/h4-7,10,17H,8-9H2,1-3H3. The van der Waals surface area contributed by atoms with Crippen molar-refractivity contribution in [2.45, 2.75) is 30.5 Å². The van der Waals surface area contributed by atoms with Gasteiger partial charge in [0.1, 0.15) is 17.4 Å². The summed E-state index contributed by atoms with van der Waals surface area (Å²) in [5.41, 5.74) is 0.0469. The summed E-state index contributed by atoms with van der Waals surface area (Å²) in [7, 11) is -3.57. The van der Waals surface area contributed by atoms with Crippen LogP contribution in [-0.4, -0.2) is 21.6 Å². The molecule has 0 saturated carbocycles. The van der Waals surface area contributed by atoms with Crippen LogP contribution in [0.3, 0.4) is 0 Å². The zero-order valence-corrected chi connectivity index (χ0v) is 14.9. The number of sulfonamides is 1. The Morgan fingerprint density at radius 3 is 2.43 bits per heavy atom. The fraction of sp³-hybridized carbons (Fsp3) is 0.375. The summed E-state index contributed by atoms with van der Waals surface area (Å²) >= 11 is 1.26. The third-order valence-corrected chi connectivity index (χ3v) is 6.78. The number of hydrogen-bond acceptors (Lipinski definition) is 5. The summed E-state index contributed by atoms with van der Waals surface area (Å²) in [5.74, 6) is 1.33. The Hall–Kier alpha value is -1.57. The average Bonchev–Trinajstić information content (AvgIpc) is 2.93. The molecule has 1 aromatic carbocycles. The molecule has 124 valence electrons. The molecule has 2 heterocycles. The van der Waals surface area contributed by atoms with Gasteiger partial charge in [-0.3, -0.25) is 0 Å². The Balaban J connectivity index is 1.89. The van der Waals surface area contributed by atoms with Crippen molar-refractivity contribution in [2.75, 3.05) is 13.2 Å². The summed E-state index contributed by atoms with van der Waals surface area (Å²) in [6, 6.07) is 8.93. The van der Waals surface area contributed by atoms with Gasteiger partial charge in [-0.1, -0.05) is 6.07 Å². The van der Waals surface area contributed by atoms with Crippen LogP contribution in [0.15, 0.2) is 34.5 Å². The fourth-order valence-electron chi connectivity index (χ4n) is 2.43. The number of rotatable bonds is 4. The molecule has 0 spiro atoms. The number of ether oxygens (including phenoxy) is 2. The minimum atomic E-state index is -3.57. The van der Waals surface area contributed by atoms with Crippen molar-refractivity contribution in [3.8, 4) is 11.5 Å². The van der Waals surface area contributed by atoms with Crippen LogP contribution in [0.1, 0.15) is 24.3 Å². The van der Waals surface area contributed by atoms with Crippen LogP contribution in [0.2, 0.25) is 0 Å². The predicted molar refractivity (Wildman–Crippen MR) is 89.8 cm³/mol. The quantitative estimate of drug-likeness (QED) is 0.918. The Morgan fingerprint density at radius 2 is 1.78 bits per heavy atom. The van der Waals surface area contributed by atoms with Gasteiger partial charge in [0.15, 0.2) is 11.5 Å². The van der Waals surface area contributed by atoms with Gasteiger partial charge in [-0.05, 0) is 50.6 Å². The van der Waals surface area contributed by atoms with E-state index in [1.807, 2.05) is 39.0 Å². The second kappa shape index (κ2) is 5.81. The molecule has 0 atom stereocenters. The summed E-state index contributed by atoms with van der Waals surface area (Å²) in [4.78, 5) is 0.961. The van der Waals surface area contributed by atoms with E-state index in [1.165, 1.54) is 11.3 Å². The van der Waals surface area contributed by atoms with Gasteiger partial charge in [0.25, 0.3) is 10.0 Å². The zero-order valence-electron chi connectivity index (χ0n) is 13.3. The van der Waals surface area contributed by atoms with Crippen LogP contribution in [-0.2, 0) is 15.6 Å². The topological polar surface area (TPSA) is 64.6 Å². The molecular weight excluding hydrogens is 334 g/mol. The number of benzene rings is 1. The van der Waals surface area contributed by atoms with Gasteiger partial charge in [-0.2, -0.15) is 0 Å². The van der Waals surface area contributed by atoms with Crippen molar-refractivity contribution in [3.05, 3.63) is 40.8 Å². The molecule has 5 nitrogen and oxygen atoms in total. The first-order valence-electron chi connectivity index (χ1n) is 7.28. The molecule has 3 rings (SSSR count). The van der Waals surface area contributed by atoms with E-state index in [0.717, 1.165) is 10.4 Å². The molecule has 0 saturated heterocycles. The molecule has 23 heavy (non-hydrogen) atoms. The third-order valence-electron chi connectivity index (χ3n) is 3.63. The Kier molecular flexibility index (Phi) is 4.12. The van der Waals surface area contributed by atoms with Gasteiger partial charge in [0.2, 0.25) is 0 Å². The van der Waals surface area contributed by atoms with Crippen LogP contribution in [0.5, 0.6) is 11.5 Å². The molecule has 0 fully saturated rings.